The quantitative estimate of drug-likeness (QED) is 0.775. The Labute approximate surface area is 173 Å². The van der Waals surface area contributed by atoms with Crippen molar-refractivity contribution in [3.05, 3.63) is 65.7 Å². The Hall–Kier alpha value is -2.08. The Balaban J connectivity index is 0.00000280. The molecule has 1 unspecified atom stereocenters. The van der Waals surface area contributed by atoms with Crippen LogP contribution in [0.25, 0.3) is 0 Å². The summed E-state index contributed by atoms with van der Waals surface area (Å²) in [6, 6.07) is 17.6. The van der Waals surface area contributed by atoms with Gasteiger partial charge in [0.05, 0.1) is 7.11 Å². The van der Waals surface area contributed by atoms with Gasteiger partial charge in [-0.05, 0) is 43.0 Å². The molecule has 152 valence electrons. The van der Waals surface area contributed by atoms with Crippen LogP contribution < -0.4 is 15.8 Å². The van der Waals surface area contributed by atoms with E-state index in [-0.39, 0.29) is 23.7 Å². The Morgan fingerprint density at radius 2 is 1.75 bits per heavy atom. The second kappa shape index (κ2) is 9.41. The zero-order valence-corrected chi connectivity index (χ0v) is 17.3. The van der Waals surface area contributed by atoms with Crippen molar-refractivity contribution < 1.29 is 14.3 Å². The van der Waals surface area contributed by atoms with Crippen LogP contribution in [0.2, 0.25) is 0 Å². The van der Waals surface area contributed by atoms with Crippen molar-refractivity contribution in [3.8, 4) is 5.75 Å². The van der Waals surface area contributed by atoms with Crippen molar-refractivity contribution in [1.29, 1.82) is 0 Å². The van der Waals surface area contributed by atoms with Crippen molar-refractivity contribution in [1.82, 2.24) is 5.32 Å². The third-order valence-corrected chi connectivity index (χ3v) is 5.58. The van der Waals surface area contributed by atoms with Gasteiger partial charge < -0.3 is 20.5 Å². The Morgan fingerprint density at radius 3 is 2.32 bits per heavy atom. The minimum atomic E-state index is -1.08. The molecule has 5 nitrogen and oxygen atoms in total. The van der Waals surface area contributed by atoms with Crippen molar-refractivity contribution in [2.75, 3.05) is 26.9 Å². The maximum absolute atomic E-state index is 12.9. The van der Waals surface area contributed by atoms with Crippen LogP contribution in [-0.2, 0) is 20.5 Å². The summed E-state index contributed by atoms with van der Waals surface area (Å²) in [6.07, 6.45) is 1.71. The number of methoxy groups -OCH3 is 1. The molecule has 0 bridgehead atoms. The van der Waals surface area contributed by atoms with Gasteiger partial charge in [-0.25, -0.2) is 0 Å². The number of ether oxygens (including phenoxy) is 2. The van der Waals surface area contributed by atoms with E-state index in [0.29, 0.717) is 19.8 Å². The lowest BCUT2D eigenvalue weighted by Gasteiger charge is -2.39. The van der Waals surface area contributed by atoms with E-state index in [4.69, 9.17) is 15.2 Å². The molecular weight excluding hydrogens is 376 g/mol. The van der Waals surface area contributed by atoms with Crippen LogP contribution in [-0.4, -0.2) is 32.8 Å². The molecule has 1 saturated heterocycles. The molecule has 3 N–H and O–H groups in total. The van der Waals surface area contributed by atoms with Gasteiger partial charge in [-0.15, -0.1) is 12.4 Å². The highest BCUT2D eigenvalue weighted by Crippen LogP contribution is 2.35. The zero-order valence-electron chi connectivity index (χ0n) is 16.4. The third kappa shape index (κ3) is 4.66. The minimum absolute atomic E-state index is 0. The fourth-order valence-electron chi connectivity index (χ4n) is 3.62. The molecule has 0 radical (unpaired) electrons. The molecule has 3 rings (SSSR count). The summed E-state index contributed by atoms with van der Waals surface area (Å²) >= 11 is 0. The van der Waals surface area contributed by atoms with E-state index in [1.165, 1.54) is 5.56 Å². The number of nitrogens with one attached hydrogen (secondary N) is 1. The van der Waals surface area contributed by atoms with Crippen LogP contribution >= 0.6 is 12.4 Å². The van der Waals surface area contributed by atoms with Gasteiger partial charge in [0, 0.05) is 25.2 Å². The summed E-state index contributed by atoms with van der Waals surface area (Å²) in [7, 11) is 1.66. The summed E-state index contributed by atoms with van der Waals surface area (Å²) in [5, 5.41) is 3.11. The monoisotopic (exact) mass is 404 g/mol. The van der Waals surface area contributed by atoms with Gasteiger partial charge in [-0.3, -0.25) is 4.79 Å². The molecule has 1 aliphatic rings. The fraction of sp³-hybridized carbons (Fsp3) is 0.409. The molecule has 1 aliphatic heterocycles. The summed E-state index contributed by atoms with van der Waals surface area (Å²) in [4.78, 5) is 12.9. The van der Waals surface area contributed by atoms with Crippen molar-refractivity contribution in [3.63, 3.8) is 0 Å². The van der Waals surface area contributed by atoms with Crippen LogP contribution in [0.5, 0.6) is 5.75 Å². The lowest BCUT2D eigenvalue weighted by Crippen LogP contribution is -2.53. The first-order valence-electron chi connectivity index (χ1n) is 9.33. The molecule has 6 heteroatoms. The number of hydrogen-bond donors (Lipinski definition) is 2. The van der Waals surface area contributed by atoms with E-state index in [1.54, 1.807) is 14.0 Å². The average molecular weight is 405 g/mol. The highest BCUT2D eigenvalue weighted by molar-refractivity contribution is 5.87. The van der Waals surface area contributed by atoms with E-state index < -0.39 is 5.54 Å². The molecule has 1 fully saturated rings. The predicted octanol–water partition coefficient (Wildman–Crippen LogP) is 3.16. The highest BCUT2D eigenvalue weighted by atomic mass is 35.5. The van der Waals surface area contributed by atoms with Crippen LogP contribution in [0.1, 0.15) is 30.9 Å². The third-order valence-electron chi connectivity index (χ3n) is 5.58. The van der Waals surface area contributed by atoms with Gasteiger partial charge in [-0.1, -0.05) is 42.5 Å². The van der Waals surface area contributed by atoms with E-state index in [9.17, 15) is 4.79 Å². The highest BCUT2D eigenvalue weighted by Gasteiger charge is 2.37. The molecule has 1 amide bonds. The topological polar surface area (TPSA) is 73.6 Å². The molecule has 1 heterocycles. The largest absolute Gasteiger partial charge is 0.497 e. The second-order valence-electron chi connectivity index (χ2n) is 7.37. The Bertz CT molecular complexity index is 757. The van der Waals surface area contributed by atoms with Gasteiger partial charge in [0.1, 0.15) is 11.3 Å². The molecule has 0 saturated carbocycles. The molecule has 2 aromatic carbocycles. The average Bonchev–Trinajstić information content (AvgIpc) is 2.73. The molecule has 0 spiro atoms. The number of benzene rings is 2. The number of rotatable bonds is 6. The predicted molar refractivity (Wildman–Crippen MR) is 113 cm³/mol. The van der Waals surface area contributed by atoms with Gasteiger partial charge in [0.2, 0.25) is 5.91 Å². The van der Waals surface area contributed by atoms with Crippen molar-refractivity contribution >= 4 is 18.3 Å². The SMILES string of the molecule is COc1ccc(C2(CNC(=O)C(C)(N)c3ccccc3)CCOCC2)cc1.Cl. The fourth-order valence-corrected chi connectivity index (χ4v) is 3.62. The lowest BCUT2D eigenvalue weighted by molar-refractivity contribution is -0.126. The maximum Gasteiger partial charge on any atom is 0.244 e. The zero-order chi connectivity index (χ0) is 19.3. The van der Waals surface area contributed by atoms with Gasteiger partial charge >= 0.3 is 0 Å². The molecule has 0 aromatic heterocycles. The normalized spacial score (nSPS) is 17.7. The number of nitrogens with two attached hydrogens (primary N) is 1. The Kier molecular flexibility index (Phi) is 7.47. The van der Waals surface area contributed by atoms with E-state index in [0.717, 1.165) is 24.2 Å². The van der Waals surface area contributed by atoms with Crippen LogP contribution in [0.3, 0.4) is 0 Å². The maximum atomic E-state index is 12.9. The second-order valence-corrected chi connectivity index (χ2v) is 7.37. The van der Waals surface area contributed by atoms with Crippen LogP contribution in [0.4, 0.5) is 0 Å². The first-order valence-corrected chi connectivity index (χ1v) is 9.33. The van der Waals surface area contributed by atoms with Gasteiger partial charge in [-0.2, -0.15) is 0 Å². The first-order chi connectivity index (χ1) is 13.0. The minimum Gasteiger partial charge on any atom is -0.497 e. The van der Waals surface area contributed by atoms with E-state index in [1.807, 2.05) is 42.5 Å². The van der Waals surface area contributed by atoms with Crippen LogP contribution in [0, 0.1) is 0 Å². The summed E-state index contributed by atoms with van der Waals surface area (Å²) < 4.78 is 10.8. The molecular formula is C22H29ClN2O3. The molecule has 28 heavy (non-hydrogen) atoms. The number of carbonyl (C=O) groups is 1. The Morgan fingerprint density at radius 1 is 1.14 bits per heavy atom. The van der Waals surface area contributed by atoms with Crippen molar-refractivity contribution in [2.45, 2.75) is 30.7 Å². The van der Waals surface area contributed by atoms with Gasteiger partial charge in [0.25, 0.3) is 0 Å². The van der Waals surface area contributed by atoms with E-state index >= 15 is 0 Å². The summed E-state index contributed by atoms with van der Waals surface area (Å²) in [5.41, 5.74) is 7.11. The first kappa shape index (κ1) is 22.2. The number of carbonyl (C=O) groups excluding carboxylic acids is 1. The smallest absolute Gasteiger partial charge is 0.244 e. The van der Waals surface area contributed by atoms with Crippen molar-refractivity contribution in [2.24, 2.45) is 5.73 Å². The standard InChI is InChI=1S/C22H28N2O3.ClH/c1-21(23,17-6-4-3-5-7-17)20(25)24-16-22(12-14-27-15-13-22)18-8-10-19(26-2)11-9-18;/h3-11H,12-16,23H2,1-2H3,(H,24,25);1H. The van der Waals surface area contributed by atoms with E-state index in [2.05, 4.69) is 17.4 Å². The molecule has 1 atom stereocenters. The number of hydrogen-bond acceptors (Lipinski definition) is 4. The summed E-state index contributed by atoms with van der Waals surface area (Å²) in [6.45, 7) is 3.64. The molecule has 2 aromatic rings. The molecule has 0 aliphatic carbocycles. The number of halogens is 1. The van der Waals surface area contributed by atoms with Gasteiger partial charge in [0.15, 0.2) is 0 Å². The van der Waals surface area contributed by atoms with Crippen LogP contribution in [0.15, 0.2) is 54.6 Å². The lowest BCUT2D eigenvalue weighted by atomic mass is 9.74. The summed E-state index contributed by atoms with van der Waals surface area (Å²) in [5.74, 6) is 0.650. The number of amides is 1.